The topological polar surface area (TPSA) is 33.5 Å². The summed E-state index contributed by atoms with van der Waals surface area (Å²) in [6.07, 6.45) is 9.17. The Morgan fingerprint density at radius 3 is 2.52 bits per heavy atom. The zero-order valence-electron chi connectivity index (χ0n) is 12.5. The molecule has 0 spiro atoms. The minimum Gasteiger partial charge on any atom is -0.456 e. The van der Waals surface area contributed by atoms with Crippen LogP contribution in [0, 0.1) is 0 Å². The fourth-order valence-corrected chi connectivity index (χ4v) is 2.78. The molecule has 3 heteroatoms. The van der Waals surface area contributed by atoms with E-state index in [1.54, 1.807) is 12.1 Å². The minimum absolute atomic E-state index is 0.0265. The molecule has 0 fully saturated rings. The molecule has 2 aromatic carbocycles. The maximum absolute atomic E-state index is 12.4. The van der Waals surface area contributed by atoms with E-state index in [1.807, 2.05) is 59.8 Å². The highest BCUT2D eigenvalue weighted by Crippen LogP contribution is 2.32. The number of hydrogen-bond donors (Lipinski definition) is 0. The predicted octanol–water partition coefficient (Wildman–Crippen LogP) is 4.70. The molecule has 112 valence electrons. The Balaban J connectivity index is 1.91. The third kappa shape index (κ3) is 2.46. The maximum Gasteiger partial charge on any atom is 0.193 e. The number of hydrogen-bond acceptors (Lipinski definition) is 3. The van der Waals surface area contributed by atoms with Crippen molar-refractivity contribution in [2.75, 3.05) is 4.90 Å². The van der Waals surface area contributed by atoms with Crippen LogP contribution >= 0.6 is 0 Å². The molecular weight excluding hydrogens is 286 g/mol. The van der Waals surface area contributed by atoms with Crippen LogP contribution in [0.3, 0.4) is 0 Å². The zero-order chi connectivity index (χ0) is 15.6. The average molecular weight is 301 g/mol. The van der Waals surface area contributed by atoms with Gasteiger partial charge in [0, 0.05) is 24.0 Å². The normalized spacial score (nSPS) is 13.7. The SMILES string of the molecule is O=c1cc(-c2ccccc2N2C=CCC=C2)oc2ccccc12. The van der Waals surface area contributed by atoms with E-state index in [4.69, 9.17) is 4.42 Å². The first-order valence-corrected chi connectivity index (χ1v) is 7.57. The van der Waals surface area contributed by atoms with Crippen LogP contribution < -0.4 is 10.3 Å². The van der Waals surface area contributed by atoms with E-state index in [1.165, 1.54) is 0 Å². The zero-order valence-corrected chi connectivity index (χ0v) is 12.5. The standard InChI is InChI=1S/C20H15NO2/c22-18-14-20(23-19-11-5-3-9-16(18)19)15-8-2-4-10-17(15)21-12-6-1-7-13-21/h2-14H,1H2. The van der Waals surface area contributed by atoms with Crippen LogP contribution in [0.25, 0.3) is 22.3 Å². The minimum atomic E-state index is -0.0265. The van der Waals surface area contributed by atoms with Gasteiger partial charge in [-0.1, -0.05) is 36.4 Å². The molecule has 3 aromatic rings. The Labute approximate surface area is 133 Å². The number of anilines is 1. The van der Waals surface area contributed by atoms with Gasteiger partial charge in [-0.05, 0) is 30.7 Å². The third-order valence-corrected chi connectivity index (χ3v) is 3.89. The number of rotatable bonds is 2. The van der Waals surface area contributed by atoms with Crippen molar-refractivity contribution in [1.29, 1.82) is 0 Å². The molecule has 0 atom stereocenters. The van der Waals surface area contributed by atoms with E-state index in [-0.39, 0.29) is 5.43 Å². The van der Waals surface area contributed by atoms with Gasteiger partial charge in [-0.25, -0.2) is 0 Å². The lowest BCUT2D eigenvalue weighted by Gasteiger charge is -2.21. The Morgan fingerprint density at radius 2 is 1.65 bits per heavy atom. The molecule has 4 rings (SSSR count). The lowest BCUT2D eigenvalue weighted by atomic mass is 10.1. The van der Waals surface area contributed by atoms with Crippen molar-refractivity contribution in [1.82, 2.24) is 0 Å². The van der Waals surface area contributed by atoms with Crippen molar-refractivity contribution < 1.29 is 4.42 Å². The molecule has 0 amide bonds. The van der Waals surface area contributed by atoms with Crippen molar-refractivity contribution in [2.45, 2.75) is 6.42 Å². The average Bonchev–Trinajstić information content (AvgIpc) is 2.62. The summed E-state index contributed by atoms with van der Waals surface area (Å²) in [7, 11) is 0. The van der Waals surface area contributed by atoms with Crippen molar-refractivity contribution in [2.24, 2.45) is 0 Å². The van der Waals surface area contributed by atoms with Crippen molar-refractivity contribution in [3.05, 3.63) is 89.4 Å². The molecule has 2 heterocycles. The summed E-state index contributed by atoms with van der Waals surface area (Å²) < 4.78 is 5.99. The fourth-order valence-electron chi connectivity index (χ4n) is 2.78. The largest absolute Gasteiger partial charge is 0.456 e. The van der Waals surface area contributed by atoms with Crippen LogP contribution in [0.15, 0.2) is 88.4 Å². The van der Waals surface area contributed by atoms with Crippen LogP contribution in [0.1, 0.15) is 6.42 Å². The molecule has 3 nitrogen and oxygen atoms in total. The first-order valence-electron chi connectivity index (χ1n) is 7.57. The Hall–Kier alpha value is -3.07. The van der Waals surface area contributed by atoms with Gasteiger partial charge in [-0.3, -0.25) is 4.79 Å². The summed E-state index contributed by atoms with van der Waals surface area (Å²) in [6.45, 7) is 0. The second-order valence-corrected chi connectivity index (χ2v) is 5.40. The molecule has 0 aliphatic carbocycles. The first-order chi connectivity index (χ1) is 11.3. The summed E-state index contributed by atoms with van der Waals surface area (Å²) in [5, 5.41) is 0.603. The first kappa shape index (κ1) is 13.6. The van der Waals surface area contributed by atoms with Crippen molar-refractivity contribution >= 4 is 16.7 Å². The van der Waals surface area contributed by atoms with Gasteiger partial charge in [0.25, 0.3) is 0 Å². The Kier molecular flexibility index (Phi) is 3.31. The van der Waals surface area contributed by atoms with Crippen LogP contribution in [0.5, 0.6) is 0 Å². The van der Waals surface area contributed by atoms with Gasteiger partial charge < -0.3 is 9.32 Å². The van der Waals surface area contributed by atoms with Gasteiger partial charge in [-0.2, -0.15) is 0 Å². The summed E-state index contributed by atoms with van der Waals surface area (Å²) in [4.78, 5) is 14.4. The molecule has 1 aliphatic heterocycles. The van der Waals surface area contributed by atoms with Gasteiger partial charge in [0.2, 0.25) is 0 Å². The molecule has 0 N–H and O–H groups in total. The fraction of sp³-hybridized carbons (Fsp3) is 0.0500. The van der Waals surface area contributed by atoms with Gasteiger partial charge in [0.15, 0.2) is 5.43 Å². The van der Waals surface area contributed by atoms with E-state index in [0.29, 0.717) is 16.7 Å². The van der Waals surface area contributed by atoms with Crippen LogP contribution in [0.4, 0.5) is 5.69 Å². The molecule has 0 saturated heterocycles. The molecule has 0 unspecified atom stereocenters. The molecule has 0 bridgehead atoms. The highest BCUT2D eigenvalue weighted by atomic mass is 16.3. The number of benzene rings is 2. The highest BCUT2D eigenvalue weighted by Gasteiger charge is 2.13. The molecule has 1 aliphatic rings. The predicted molar refractivity (Wildman–Crippen MR) is 93.3 cm³/mol. The van der Waals surface area contributed by atoms with E-state index in [9.17, 15) is 4.79 Å². The van der Waals surface area contributed by atoms with Crippen LogP contribution in [-0.4, -0.2) is 0 Å². The van der Waals surface area contributed by atoms with Gasteiger partial charge >= 0.3 is 0 Å². The number of fused-ring (bicyclic) bond motifs is 1. The molecule has 1 aromatic heterocycles. The van der Waals surface area contributed by atoms with Crippen molar-refractivity contribution in [3.8, 4) is 11.3 Å². The van der Waals surface area contributed by atoms with E-state index in [0.717, 1.165) is 17.7 Å². The quantitative estimate of drug-likeness (QED) is 0.688. The van der Waals surface area contributed by atoms with Crippen molar-refractivity contribution in [3.63, 3.8) is 0 Å². The summed E-state index contributed by atoms with van der Waals surface area (Å²) >= 11 is 0. The maximum atomic E-state index is 12.4. The van der Waals surface area contributed by atoms with Crippen LogP contribution in [0.2, 0.25) is 0 Å². The highest BCUT2D eigenvalue weighted by molar-refractivity contribution is 5.82. The number of nitrogens with zero attached hydrogens (tertiary/aromatic N) is 1. The van der Waals surface area contributed by atoms with E-state index >= 15 is 0 Å². The van der Waals surface area contributed by atoms with E-state index in [2.05, 4.69) is 12.2 Å². The van der Waals surface area contributed by atoms with Gasteiger partial charge in [0.1, 0.15) is 11.3 Å². The monoisotopic (exact) mass is 301 g/mol. The smallest absolute Gasteiger partial charge is 0.193 e. The summed E-state index contributed by atoms with van der Waals surface area (Å²) in [6, 6.07) is 16.8. The third-order valence-electron chi connectivity index (χ3n) is 3.89. The summed E-state index contributed by atoms with van der Waals surface area (Å²) in [5.74, 6) is 0.580. The molecule has 0 radical (unpaired) electrons. The lowest BCUT2D eigenvalue weighted by Crippen LogP contribution is -2.10. The summed E-state index contributed by atoms with van der Waals surface area (Å²) in [5.41, 5.74) is 2.46. The molecular formula is C20H15NO2. The Bertz CT molecular complexity index is 970. The Morgan fingerprint density at radius 1 is 0.913 bits per heavy atom. The second-order valence-electron chi connectivity index (χ2n) is 5.40. The molecule has 23 heavy (non-hydrogen) atoms. The lowest BCUT2D eigenvalue weighted by molar-refractivity contribution is 0.619. The molecule has 0 saturated carbocycles. The van der Waals surface area contributed by atoms with Gasteiger partial charge in [0.05, 0.1) is 11.1 Å². The van der Waals surface area contributed by atoms with Gasteiger partial charge in [-0.15, -0.1) is 0 Å². The second kappa shape index (κ2) is 5.61. The van der Waals surface area contributed by atoms with E-state index < -0.39 is 0 Å². The number of para-hydroxylation sites is 2. The van der Waals surface area contributed by atoms with Crippen LogP contribution in [-0.2, 0) is 0 Å². The number of allylic oxidation sites excluding steroid dienone is 2.